The van der Waals surface area contributed by atoms with Gasteiger partial charge in [0, 0.05) is 12.6 Å². The highest BCUT2D eigenvalue weighted by molar-refractivity contribution is 5.86. The second-order valence-electron chi connectivity index (χ2n) is 5.99. The molecule has 116 valence electrons. The molecular formula is C14H26N2O4. The van der Waals surface area contributed by atoms with Gasteiger partial charge in [-0.05, 0) is 39.5 Å². The van der Waals surface area contributed by atoms with Gasteiger partial charge in [-0.15, -0.1) is 0 Å². The summed E-state index contributed by atoms with van der Waals surface area (Å²) in [5, 5.41) is 14.8. The lowest BCUT2D eigenvalue weighted by Crippen LogP contribution is -2.58. The van der Waals surface area contributed by atoms with Crippen LogP contribution in [0.4, 0.5) is 4.79 Å². The summed E-state index contributed by atoms with van der Waals surface area (Å²) in [6, 6.07) is -0.405. The number of amides is 2. The molecule has 0 radical (unpaired) electrons. The summed E-state index contributed by atoms with van der Waals surface area (Å²) < 4.78 is 5.59. The first kappa shape index (κ1) is 16.8. The molecule has 1 unspecified atom stereocenters. The molecule has 3 N–H and O–H groups in total. The van der Waals surface area contributed by atoms with Gasteiger partial charge in [-0.3, -0.25) is 0 Å². The molecule has 6 heteroatoms. The van der Waals surface area contributed by atoms with Crippen molar-refractivity contribution in [1.82, 2.24) is 10.6 Å². The number of hydrogen-bond acceptors (Lipinski definition) is 3. The summed E-state index contributed by atoms with van der Waals surface area (Å²) in [5.41, 5.74) is -1.44. The first-order valence-electron chi connectivity index (χ1n) is 7.20. The summed E-state index contributed by atoms with van der Waals surface area (Å²) in [6.45, 7) is 8.09. The number of hydrogen-bond donors (Lipinski definition) is 3. The third-order valence-electron chi connectivity index (χ3n) is 4.00. The fourth-order valence-corrected chi connectivity index (χ4v) is 2.58. The van der Waals surface area contributed by atoms with E-state index in [2.05, 4.69) is 10.6 Å². The van der Waals surface area contributed by atoms with E-state index < -0.39 is 17.5 Å². The van der Waals surface area contributed by atoms with Crippen molar-refractivity contribution >= 4 is 12.0 Å². The van der Waals surface area contributed by atoms with Crippen molar-refractivity contribution in [3.05, 3.63) is 0 Å². The lowest BCUT2D eigenvalue weighted by molar-refractivity contribution is -0.144. The molecule has 20 heavy (non-hydrogen) atoms. The van der Waals surface area contributed by atoms with E-state index in [0.717, 1.165) is 12.8 Å². The molecule has 1 atom stereocenters. The molecule has 1 rings (SSSR count). The summed E-state index contributed by atoms with van der Waals surface area (Å²) >= 11 is 0. The number of urea groups is 1. The quantitative estimate of drug-likeness (QED) is 0.720. The van der Waals surface area contributed by atoms with Gasteiger partial charge in [-0.25, -0.2) is 9.59 Å². The van der Waals surface area contributed by atoms with E-state index in [1.54, 1.807) is 13.8 Å². The van der Waals surface area contributed by atoms with Crippen molar-refractivity contribution in [2.24, 2.45) is 0 Å². The fourth-order valence-electron chi connectivity index (χ4n) is 2.58. The zero-order chi connectivity index (χ0) is 15.4. The Morgan fingerprint density at radius 2 is 1.95 bits per heavy atom. The van der Waals surface area contributed by atoms with Crippen LogP contribution in [0.2, 0.25) is 0 Å². The minimum atomic E-state index is -1.19. The maximum Gasteiger partial charge on any atom is 0.329 e. The third kappa shape index (κ3) is 4.10. The van der Waals surface area contributed by atoms with Gasteiger partial charge in [0.1, 0.15) is 5.54 Å². The Kier molecular flexibility index (Phi) is 5.39. The van der Waals surface area contributed by atoms with Gasteiger partial charge in [0.2, 0.25) is 0 Å². The Bertz CT molecular complexity index is 364. The van der Waals surface area contributed by atoms with Crippen LogP contribution in [0.1, 0.15) is 53.4 Å². The highest BCUT2D eigenvalue weighted by Gasteiger charge is 2.37. The van der Waals surface area contributed by atoms with Gasteiger partial charge in [0.25, 0.3) is 0 Å². The standard InChI is InChI=1S/C14H26N2O4/c1-5-14(6-2,11(17)18)16-12(19)15-10-7-8-20-13(3,4)9-10/h10H,5-9H2,1-4H3,(H,17,18)(H2,15,16,19). The van der Waals surface area contributed by atoms with Gasteiger partial charge < -0.3 is 20.5 Å². The summed E-state index contributed by atoms with van der Waals surface area (Å²) in [6.07, 6.45) is 2.17. The van der Waals surface area contributed by atoms with Crippen LogP contribution in [0.5, 0.6) is 0 Å². The van der Waals surface area contributed by atoms with Crippen LogP contribution >= 0.6 is 0 Å². The van der Waals surface area contributed by atoms with E-state index in [1.165, 1.54) is 0 Å². The third-order valence-corrected chi connectivity index (χ3v) is 4.00. The minimum Gasteiger partial charge on any atom is -0.480 e. The smallest absolute Gasteiger partial charge is 0.329 e. The van der Waals surface area contributed by atoms with Gasteiger partial charge in [0.05, 0.1) is 5.60 Å². The maximum absolute atomic E-state index is 12.0. The highest BCUT2D eigenvalue weighted by atomic mass is 16.5. The Morgan fingerprint density at radius 1 is 1.35 bits per heavy atom. The Morgan fingerprint density at radius 3 is 2.40 bits per heavy atom. The number of carboxylic acids is 1. The van der Waals surface area contributed by atoms with Crippen LogP contribution < -0.4 is 10.6 Å². The van der Waals surface area contributed by atoms with Crippen molar-refractivity contribution in [2.45, 2.75) is 70.6 Å². The van der Waals surface area contributed by atoms with E-state index in [-0.39, 0.29) is 11.6 Å². The molecule has 0 aromatic heterocycles. The zero-order valence-electron chi connectivity index (χ0n) is 12.8. The van der Waals surface area contributed by atoms with Crippen molar-refractivity contribution in [3.63, 3.8) is 0 Å². The summed E-state index contributed by atoms with van der Waals surface area (Å²) in [4.78, 5) is 23.4. The molecule has 0 aliphatic carbocycles. The van der Waals surface area contributed by atoms with Crippen LogP contribution in [0.25, 0.3) is 0 Å². The molecular weight excluding hydrogens is 260 g/mol. The average molecular weight is 286 g/mol. The molecule has 1 aliphatic rings. The predicted molar refractivity (Wildman–Crippen MR) is 75.7 cm³/mol. The number of aliphatic carboxylic acids is 1. The number of carbonyl (C=O) groups is 2. The zero-order valence-corrected chi connectivity index (χ0v) is 12.8. The number of ether oxygens (including phenoxy) is 1. The normalized spacial score (nSPS) is 22.1. The molecule has 0 bridgehead atoms. The molecule has 1 saturated heterocycles. The first-order chi connectivity index (χ1) is 9.24. The van der Waals surface area contributed by atoms with Crippen molar-refractivity contribution < 1.29 is 19.4 Å². The van der Waals surface area contributed by atoms with E-state index in [0.29, 0.717) is 19.4 Å². The van der Waals surface area contributed by atoms with Gasteiger partial charge in [-0.1, -0.05) is 13.8 Å². The van der Waals surface area contributed by atoms with Crippen LogP contribution in [-0.2, 0) is 9.53 Å². The van der Waals surface area contributed by atoms with E-state index in [4.69, 9.17) is 4.74 Å². The molecule has 2 amide bonds. The molecule has 1 aliphatic heterocycles. The molecule has 0 aromatic rings. The van der Waals surface area contributed by atoms with Crippen LogP contribution in [0.3, 0.4) is 0 Å². The largest absolute Gasteiger partial charge is 0.480 e. The number of nitrogens with one attached hydrogen (secondary N) is 2. The molecule has 0 spiro atoms. The molecule has 6 nitrogen and oxygen atoms in total. The average Bonchev–Trinajstić information content (AvgIpc) is 2.34. The minimum absolute atomic E-state index is 0.0129. The van der Waals surface area contributed by atoms with Crippen molar-refractivity contribution in [3.8, 4) is 0 Å². The number of rotatable bonds is 5. The molecule has 0 saturated carbocycles. The van der Waals surface area contributed by atoms with Crippen molar-refractivity contribution in [2.75, 3.05) is 6.61 Å². The van der Waals surface area contributed by atoms with E-state index >= 15 is 0 Å². The molecule has 1 fully saturated rings. The van der Waals surface area contributed by atoms with E-state index in [1.807, 2.05) is 13.8 Å². The van der Waals surface area contributed by atoms with Gasteiger partial charge >= 0.3 is 12.0 Å². The summed E-state index contributed by atoms with van der Waals surface area (Å²) in [5.74, 6) is -0.995. The Hall–Kier alpha value is -1.30. The van der Waals surface area contributed by atoms with Crippen LogP contribution in [-0.4, -0.2) is 40.9 Å². The number of carbonyl (C=O) groups excluding carboxylic acids is 1. The lowest BCUT2D eigenvalue weighted by Gasteiger charge is -2.36. The summed E-state index contributed by atoms with van der Waals surface area (Å²) in [7, 11) is 0. The topological polar surface area (TPSA) is 87.7 Å². The number of carboxylic acid groups (broad SMARTS) is 1. The monoisotopic (exact) mass is 286 g/mol. The van der Waals surface area contributed by atoms with E-state index in [9.17, 15) is 14.7 Å². The van der Waals surface area contributed by atoms with Crippen molar-refractivity contribution in [1.29, 1.82) is 0 Å². The molecule has 1 heterocycles. The van der Waals surface area contributed by atoms with Crippen LogP contribution in [0.15, 0.2) is 0 Å². The fraction of sp³-hybridized carbons (Fsp3) is 0.857. The Labute approximate surface area is 120 Å². The second-order valence-corrected chi connectivity index (χ2v) is 5.99. The van der Waals surface area contributed by atoms with Crippen LogP contribution in [0, 0.1) is 0 Å². The van der Waals surface area contributed by atoms with Gasteiger partial charge in [0.15, 0.2) is 0 Å². The molecule has 0 aromatic carbocycles. The lowest BCUT2D eigenvalue weighted by atomic mass is 9.92. The Balaban J connectivity index is 2.60. The first-order valence-corrected chi connectivity index (χ1v) is 7.20. The second kappa shape index (κ2) is 6.43. The predicted octanol–water partition coefficient (Wildman–Crippen LogP) is 1.89. The highest BCUT2D eigenvalue weighted by Crippen LogP contribution is 2.24. The maximum atomic E-state index is 12.0. The van der Waals surface area contributed by atoms with Gasteiger partial charge in [-0.2, -0.15) is 0 Å². The SMILES string of the molecule is CCC(CC)(NC(=O)NC1CCOC(C)(C)C1)C(=O)O.